The summed E-state index contributed by atoms with van der Waals surface area (Å²) in [6, 6.07) is 5.06. The lowest BCUT2D eigenvalue weighted by Gasteiger charge is -2.13. The number of carbonyl (C=O) groups is 1. The quantitative estimate of drug-likeness (QED) is 0.937. The van der Waals surface area contributed by atoms with Crippen LogP contribution in [0.3, 0.4) is 0 Å². The molecule has 1 aliphatic rings. The third-order valence-corrected chi connectivity index (χ3v) is 3.50. The van der Waals surface area contributed by atoms with Gasteiger partial charge in [0.1, 0.15) is 0 Å². The van der Waals surface area contributed by atoms with Crippen LogP contribution in [0.4, 0.5) is 0 Å². The molecule has 0 radical (unpaired) electrons. The largest absolute Gasteiger partial charge is 0.454 e. The molecule has 3 rings (SSSR count). The van der Waals surface area contributed by atoms with Crippen LogP contribution in [0, 0.1) is 6.92 Å². The van der Waals surface area contributed by atoms with Gasteiger partial charge in [-0.1, -0.05) is 0 Å². The standard InChI is InChI=1S/C15H17N3O3/c1-9(12-7-18(3)17-10(12)2)16-15(19)11-4-5-13-14(6-11)21-8-20-13/h4-7,9H,8H2,1-3H3,(H,16,19). The van der Waals surface area contributed by atoms with Gasteiger partial charge in [0.25, 0.3) is 5.91 Å². The lowest BCUT2D eigenvalue weighted by molar-refractivity contribution is 0.0939. The smallest absolute Gasteiger partial charge is 0.251 e. The fraction of sp³-hybridized carbons (Fsp3) is 0.333. The first-order chi connectivity index (χ1) is 10.0. The van der Waals surface area contributed by atoms with Gasteiger partial charge in [-0.2, -0.15) is 5.10 Å². The molecule has 0 fully saturated rings. The summed E-state index contributed by atoms with van der Waals surface area (Å²) in [6.45, 7) is 4.07. The molecule has 1 amide bonds. The van der Waals surface area contributed by atoms with Gasteiger partial charge in [-0.05, 0) is 32.0 Å². The van der Waals surface area contributed by atoms with Gasteiger partial charge < -0.3 is 14.8 Å². The number of ether oxygens (including phenoxy) is 2. The number of fused-ring (bicyclic) bond motifs is 1. The first kappa shape index (κ1) is 13.5. The van der Waals surface area contributed by atoms with Crippen molar-refractivity contribution in [1.29, 1.82) is 0 Å². The van der Waals surface area contributed by atoms with E-state index in [0.717, 1.165) is 11.3 Å². The van der Waals surface area contributed by atoms with Gasteiger partial charge in [-0.15, -0.1) is 0 Å². The second-order valence-corrected chi connectivity index (χ2v) is 5.11. The monoisotopic (exact) mass is 287 g/mol. The molecule has 0 spiro atoms. The van der Waals surface area contributed by atoms with Gasteiger partial charge in [-0.25, -0.2) is 0 Å². The Balaban J connectivity index is 1.75. The van der Waals surface area contributed by atoms with E-state index in [9.17, 15) is 4.79 Å². The van der Waals surface area contributed by atoms with E-state index < -0.39 is 0 Å². The summed E-state index contributed by atoms with van der Waals surface area (Å²) in [4.78, 5) is 12.3. The molecule has 1 unspecified atom stereocenters. The summed E-state index contributed by atoms with van der Waals surface area (Å²) < 4.78 is 12.3. The molecule has 21 heavy (non-hydrogen) atoms. The van der Waals surface area contributed by atoms with Crippen molar-refractivity contribution in [3.8, 4) is 11.5 Å². The number of aromatic nitrogens is 2. The van der Waals surface area contributed by atoms with E-state index >= 15 is 0 Å². The molecule has 1 aromatic heterocycles. The number of amides is 1. The first-order valence-corrected chi connectivity index (χ1v) is 6.75. The lowest BCUT2D eigenvalue weighted by Crippen LogP contribution is -2.26. The van der Waals surface area contributed by atoms with Crippen LogP contribution in [0.5, 0.6) is 11.5 Å². The number of rotatable bonds is 3. The van der Waals surface area contributed by atoms with Crippen LogP contribution in [-0.4, -0.2) is 22.5 Å². The molecule has 2 aromatic rings. The molecule has 0 bridgehead atoms. The van der Waals surface area contributed by atoms with Crippen molar-refractivity contribution in [2.24, 2.45) is 7.05 Å². The summed E-state index contributed by atoms with van der Waals surface area (Å²) in [5, 5.41) is 7.26. The van der Waals surface area contributed by atoms with E-state index in [0.29, 0.717) is 17.1 Å². The molecule has 6 heteroatoms. The molecule has 0 saturated carbocycles. The third kappa shape index (κ3) is 2.56. The van der Waals surface area contributed by atoms with Crippen molar-refractivity contribution in [3.05, 3.63) is 41.2 Å². The highest BCUT2D eigenvalue weighted by atomic mass is 16.7. The summed E-state index contributed by atoms with van der Waals surface area (Å²) >= 11 is 0. The lowest BCUT2D eigenvalue weighted by atomic mass is 10.1. The summed E-state index contributed by atoms with van der Waals surface area (Å²) in [7, 11) is 1.86. The van der Waals surface area contributed by atoms with E-state index in [1.54, 1.807) is 22.9 Å². The molecular formula is C15H17N3O3. The van der Waals surface area contributed by atoms with E-state index in [1.807, 2.05) is 27.1 Å². The maximum absolute atomic E-state index is 12.3. The number of nitrogens with one attached hydrogen (secondary N) is 1. The Kier molecular flexibility index (Phi) is 3.29. The summed E-state index contributed by atoms with van der Waals surface area (Å²) in [6.07, 6.45) is 1.92. The number of nitrogens with zero attached hydrogens (tertiary/aromatic N) is 2. The van der Waals surface area contributed by atoms with Crippen molar-refractivity contribution >= 4 is 5.91 Å². The van der Waals surface area contributed by atoms with Crippen LogP contribution in [0.15, 0.2) is 24.4 Å². The van der Waals surface area contributed by atoms with E-state index in [-0.39, 0.29) is 18.7 Å². The topological polar surface area (TPSA) is 65.4 Å². The van der Waals surface area contributed by atoms with Gasteiger partial charge in [0.2, 0.25) is 6.79 Å². The number of hydrogen-bond acceptors (Lipinski definition) is 4. The second kappa shape index (κ2) is 5.12. The van der Waals surface area contributed by atoms with Gasteiger partial charge in [0, 0.05) is 24.4 Å². The maximum Gasteiger partial charge on any atom is 0.251 e. The highest BCUT2D eigenvalue weighted by Crippen LogP contribution is 2.32. The van der Waals surface area contributed by atoms with E-state index in [2.05, 4.69) is 10.4 Å². The van der Waals surface area contributed by atoms with Crippen LogP contribution >= 0.6 is 0 Å². The summed E-state index contributed by atoms with van der Waals surface area (Å²) in [5.41, 5.74) is 2.47. The van der Waals surface area contributed by atoms with Crippen molar-refractivity contribution in [2.45, 2.75) is 19.9 Å². The predicted octanol–water partition coefficient (Wildman–Crippen LogP) is 1.95. The Bertz CT molecular complexity index is 693. The average molecular weight is 287 g/mol. The Morgan fingerprint density at radius 1 is 1.38 bits per heavy atom. The number of carbonyl (C=O) groups excluding carboxylic acids is 1. The average Bonchev–Trinajstić information content (AvgIpc) is 3.03. The zero-order valence-corrected chi connectivity index (χ0v) is 12.2. The van der Waals surface area contributed by atoms with Gasteiger partial charge in [0.05, 0.1) is 11.7 Å². The highest BCUT2D eigenvalue weighted by molar-refractivity contribution is 5.95. The minimum Gasteiger partial charge on any atom is -0.454 e. The van der Waals surface area contributed by atoms with Crippen LogP contribution in [0.1, 0.15) is 34.6 Å². The molecule has 6 nitrogen and oxygen atoms in total. The molecule has 2 heterocycles. The Labute approximate surface area is 122 Å². The number of hydrogen-bond donors (Lipinski definition) is 1. The molecule has 1 atom stereocenters. The van der Waals surface area contributed by atoms with E-state index in [1.165, 1.54) is 0 Å². The third-order valence-electron chi connectivity index (χ3n) is 3.50. The normalized spacial score (nSPS) is 14.0. The number of benzene rings is 1. The maximum atomic E-state index is 12.3. The zero-order valence-electron chi connectivity index (χ0n) is 12.2. The number of aryl methyl sites for hydroxylation is 2. The fourth-order valence-corrected chi connectivity index (χ4v) is 2.44. The Hall–Kier alpha value is -2.50. The molecule has 1 aromatic carbocycles. The molecule has 0 saturated heterocycles. The molecule has 1 N–H and O–H groups in total. The first-order valence-electron chi connectivity index (χ1n) is 6.75. The van der Waals surface area contributed by atoms with Gasteiger partial charge in [0.15, 0.2) is 11.5 Å². The van der Waals surface area contributed by atoms with Crippen LogP contribution in [0.2, 0.25) is 0 Å². The zero-order chi connectivity index (χ0) is 15.0. The van der Waals surface area contributed by atoms with Crippen molar-refractivity contribution in [3.63, 3.8) is 0 Å². The van der Waals surface area contributed by atoms with Crippen molar-refractivity contribution in [2.75, 3.05) is 6.79 Å². The van der Waals surface area contributed by atoms with Crippen LogP contribution in [0.25, 0.3) is 0 Å². The second-order valence-electron chi connectivity index (χ2n) is 5.11. The van der Waals surface area contributed by atoms with Crippen molar-refractivity contribution in [1.82, 2.24) is 15.1 Å². The SMILES string of the molecule is Cc1nn(C)cc1C(C)NC(=O)c1ccc2c(c1)OCO2. The molecule has 110 valence electrons. The van der Waals surface area contributed by atoms with Crippen molar-refractivity contribution < 1.29 is 14.3 Å². The molecule has 0 aliphatic carbocycles. The molecular weight excluding hydrogens is 270 g/mol. The summed E-state index contributed by atoms with van der Waals surface area (Å²) in [5.74, 6) is 1.12. The highest BCUT2D eigenvalue weighted by Gasteiger charge is 2.19. The minimum atomic E-state index is -0.149. The fourth-order valence-electron chi connectivity index (χ4n) is 2.44. The Morgan fingerprint density at radius 3 is 2.86 bits per heavy atom. The van der Waals surface area contributed by atoms with E-state index in [4.69, 9.17) is 9.47 Å². The predicted molar refractivity (Wildman–Crippen MR) is 76.4 cm³/mol. The minimum absolute atomic E-state index is 0.114. The molecule has 1 aliphatic heterocycles. The van der Waals surface area contributed by atoms with Crippen LogP contribution in [-0.2, 0) is 7.05 Å². The van der Waals surface area contributed by atoms with Crippen LogP contribution < -0.4 is 14.8 Å². The van der Waals surface area contributed by atoms with Gasteiger partial charge >= 0.3 is 0 Å². The Morgan fingerprint density at radius 2 is 2.14 bits per heavy atom. The van der Waals surface area contributed by atoms with Gasteiger partial charge in [-0.3, -0.25) is 9.48 Å².